The van der Waals surface area contributed by atoms with Crippen LogP contribution in [0.2, 0.25) is 0 Å². The topological polar surface area (TPSA) is 80.9 Å². The summed E-state index contributed by atoms with van der Waals surface area (Å²) < 4.78 is 0. The van der Waals surface area contributed by atoms with Gasteiger partial charge >= 0.3 is 0 Å². The molecule has 0 saturated heterocycles. The van der Waals surface area contributed by atoms with Gasteiger partial charge in [0.05, 0.1) is 0 Å². The first-order chi connectivity index (χ1) is 8.25. The standard InChI is InChI=1S/C12H12N4O/c13-12(17)10-6-7-11(16-15-10)14-8-9-4-2-1-3-5-9/h1-7H,8H2,(H2,13,17)(H,14,16). The highest BCUT2D eigenvalue weighted by molar-refractivity contribution is 5.90. The fourth-order valence-corrected chi connectivity index (χ4v) is 1.35. The maximum atomic E-state index is 10.8. The molecule has 0 aliphatic heterocycles. The van der Waals surface area contributed by atoms with Gasteiger partial charge in [0, 0.05) is 6.54 Å². The van der Waals surface area contributed by atoms with E-state index in [9.17, 15) is 4.79 Å². The lowest BCUT2D eigenvalue weighted by atomic mass is 10.2. The smallest absolute Gasteiger partial charge is 0.269 e. The lowest BCUT2D eigenvalue weighted by molar-refractivity contribution is 0.0994. The van der Waals surface area contributed by atoms with E-state index < -0.39 is 5.91 Å². The number of carbonyl (C=O) groups excluding carboxylic acids is 1. The molecule has 2 aromatic rings. The summed E-state index contributed by atoms with van der Waals surface area (Å²) in [5.41, 5.74) is 6.38. The van der Waals surface area contributed by atoms with E-state index in [1.807, 2.05) is 30.3 Å². The molecule has 86 valence electrons. The van der Waals surface area contributed by atoms with Gasteiger partial charge in [0.15, 0.2) is 5.69 Å². The van der Waals surface area contributed by atoms with Crippen molar-refractivity contribution in [2.45, 2.75) is 6.54 Å². The maximum absolute atomic E-state index is 10.8. The van der Waals surface area contributed by atoms with Crippen LogP contribution in [0, 0.1) is 0 Å². The molecule has 5 heteroatoms. The number of hydrogen-bond acceptors (Lipinski definition) is 4. The van der Waals surface area contributed by atoms with Crippen LogP contribution in [0.25, 0.3) is 0 Å². The lowest BCUT2D eigenvalue weighted by Crippen LogP contribution is -2.14. The SMILES string of the molecule is NC(=O)c1ccc(NCc2ccccc2)nn1. The van der Waals surface area contributed by atoms with Gasteiger partial charge in [-0.25, -0.2) is 0 Å². The van der Waals surface area contributed by atoms with Crippen molar-refractivity contribution in [3.8, 4) is 0 Å². The number of aromatic nitrogens is 2. The third-order valence-corrected chi connectivity index (χ3v) is 2.23. The van der Waals surface area contributed by atoms with E-state index in [0.717, 1.165) is 5.56 Å². The maximum Gasteiger partial charge on any atom is 0.269 e. The van der Waals surface area contributed by atoms with E-state index in [2.05, 4.69) is 15.5 Å². The number of primary amides is 1. The van der Waals surface area contributed by atoms with Crippen LogP contribution in [-0.4, -0.2) is 16.1 Å². The van der Waals surface area contributed by atoms with Crippen molar-refractivity contribution in [2.75, 3.05) is 5.32 Å². The predicted octanol–water partition coefficient (Wildman–Crippen LogP) is 1.19. The number of nitrogens with zero attached hydrogens (tertiary/aromatic N) is 2. The fraction of sp³-hybridized carbons (Fsp3) is 0.0833. The van der Waals surface area contributed by atoms with Crippen molar-refractivity contribution >= 4 is 11.7 Å². The number of amides is 1. The molecule has 5 nitrogen and oxygen atoms in total. The Hall–Kier alpha value is -2.43. The minimum absolute atomic E-state index is 0.162. The Morgan fingerprint density at radius 2 is 1.88 bits per heavy atom. The van der Waals surface area contributed by atoms with Gasteiger partial charge in [0.2, 0.25) is 0 Å². The Bertz CT molecular complexity index is 496. The molecule has 3 N–H and O–H groups in total. The number of nitrogens with one attached hydrogen (secondary N) is 1. The average Bonchev–Trinajstić information content (AvgIpc) is 2.38. The normalized spacial score (nSPS) is 9.88. The van der Waals surface area contributed by atoms with Crippen molar-refractivity contribution in [2.24, 2.45) is 5.73 Å². The van der Waals surface area contributed by atoms with Gasteiger partial charge in [0.1, 0.15) is 5.82 Å². The quantitative estimate of drug-likeness (QED) is 0.823. The molecule has 0 aliphatic carbocycles. The minimum Gasteiger partial charge on any atom is -0.365 e. The van der Waals surface area contributed by atoms with Gasteiger partial charge in [-0.3, -0.25) is 4.79 Å². The van der Waals surface area contributed by atoms with Gasteiger partial charge in [-0.2, -0.15) is 0 Å². The van der Waals surface area contributed by atoms with Crippen LogP contribution in [0.1, 0.15) is 16.1 Å². The van der Waals surface area contributed by atoms with E-state index >= 15 is 0 Å². The molecule has 0 unspecified atom stereocenters. The molecule has 0 atom stereocenters. The van der Waals surface area contributed by atoms with Crippen molar-refractivity contribution in [3.05, 3.63) is 53.7 Å². The van der Waals surface area contributed by atoms with Gasteiger partial charge < -0.3 is 11.1 Å². The summed E-state index contributed by atoms with van der Waals surface area (Å²) in [5, 5.41) is 10.7. The van der Waals surface area contributed by atoms with E-state index in [1.54, 1.807) is 12.1 Å². The number of rotatable bonds is 4. The zero-order valence-electron chi connectivity index (χ0n) is 9.13. The first-order valence-corrected chi connectivity index (χ1v) is 5.17. The van der Waals surface area contributed by atoms with Crippen LogP contribution < -0.4 is 11.1 Å². The van der Waals surface area contributed by atoms with Crippen LogP contribution in [0.3, 0.4) is 0 Å². The summed E-state index contributed by atoms with van der Waals surface area (Å²) in [4.78, 5) is 10.8. The second-order valence-electron chi connectivity index (χ2n) is 3.51. The Morgan fingerprint density at radius 1 is 1.12 bits per heavy atom. The summed E-state index contributed by atoms with van der Waals surface area (Å²) in [7, 11) is 0. The molecule has 0 fully saturated rings. The van der Waals surface area contributed by atoms with E-state index in [-0.39, 0.29) is 5.69 Å². The van der Waals surface area contributed by atoms with E-state index in [1.165, 1.54) is 0 Å². The molecule has 0 saturated carbocycles. The van der Waals surface area contributed by atoms with Crippen LogP contribution in [0.4, 0.5) is 5.82 Å². The molecule has 1 aromatic carbocycles. The molecule has 0 aliphatic rings. The molecule has 17 heavy (non-hydrogen) atoms. The van der Waals surface area contributed by atoms with Crippen LogP contribution in [0.15, 0.2) is 42.5 Å². The zero-order chi connectivity index (χ0) is 12.1. The number of hydrogen-bond donors (Lipinski definition) is 2. The molecular weight excluding hydrogens is 216 g/mol. The molecule has 1 aromatic heterocycles. The second kappa shape index (κ2) is 5.07. The molecule has 0 spiro atoms. The highest BCUT2D eigenvalue weighted by Gasteiger charge is 2.02. The Labute approximate surface area is 98.7 Å². The predicted molar refractivity (Wildman–Crippen MR) is 64.3 cm³/mol. The lowest BCUT2D eigenvalue weighted by Gasteiger charge is -2.04. The summed E-state index contributed by atoms with van der Waals surface area (Å²) in [6, 6.07) is 13.2. The number of carbonyl (C=O) groups is 1. The molecular formula is C12H12N4O. The van der Waals surface area contributed by atoms with Crippen LogP contribution in [-0.2, 0) is 6.54 Å². The Balaban J connectivity index is 1.98. The average molecular weight is 228 g/mol. The molecule has 1 amide bonds. The third-order valence-electron chi connectivity index (χ3n) is 2.23. The summed E-state index contributed by atoms with van der Waals surface area (Å²) in [6.45, 7) is 0.658. The van der Waals surface area contributed by atoms with Gasteiger partial charge in [-0.1, -0.05) is 30.3 Å². The van der Waals surface area contributed by atoms with Gasteiger partial charge in [-0.15, -0.1) is 10.2 Å². The monoisotopic (exact) mass is 228 g/mol. The fourth-order valence-electron chi connectivity index (χ4n) is 1.35. The molecule has 0 bridgehead atoms. The minimum atomic E-state index is -0.577. The van der Waals surface area contributed by atoms with Crippen molar-refractivity contribution in [1.29, 1.82) is 0 Å². The number of nitrogens with two attached hydrogens (primary N) is 1. The van der Waals surface area contributed by atoms with Gasteiger partial charge in [-0.05, 0) is 17.7 Å². The third kappa shape index (κ3) is 3.01. The Morgan fingerprint density at radius 3 is 2.47 bits per heavy atom. The van der Waals surface area contributed by atoms with Crippen LogP contribution in [0.5, 0.6) is 0 Å². The summed E-state index contributed by atoms with van der Waals surface area (Å²) >= 11 is 0. The second-order valence-corrected chi connectivity index (χ2v) is 3.51. The first-order valence-electron chi connectivity index (χ1n) is 5.17. The van der Waals surface area contributed by atoms with E-state index in [0.29, 0.717) is 12.4 Å². The summed E-state index contributed by atoms with van der Waals surface area (Å²) in [5.74, 6) is 0.0333. The van der Waals surface area contributed by atoms with Crippen molar-refractivity contribution < 1.29 is 4.79 Å². The highest BCUT2D eigenvalue weighted by Crippen LogP contribution is 2.05. The molecule has 1 heterocycles. The molecule has 2 rings (SSSR count). The first kappa shape index (κ1) is 11.1. The zero-order valence-corrected chi connectivity index (χ0v) is 9.13. The van der Waals surface area contributed by atoms with Gasteiger partial charge in [0.25, 0.3) is 5.91 Å². The highest BCUT2D eigenvalue weighted by atomic mass is 16.1. The molecule has 0 radical (unpaired) electrons. The largest absolute Gasteiger partial charge is 0.365 e. The number of anilines is 1. The summed E-state index contributed by atoms with van der Waals surface area (Å²) in [6.07, 6.45) is 0. The van der Waals surface area contributed by atoms with Crippen molar-refractivity contribution in [1.82, 2.24) is 10.2 Å². The van der Waals surface area contributed by atoms with Crippen molar-refractivity contribution in [3.63, 3.8) is 0 Å². The van der Waals surface area contributed by atoms with E-state index in [4.69, 9.17) is 5.73 Å². The van der Waals surface area contributed by atoms with Crippen LogP contribution >= 0.6 is 0 Å². The number of benzene rings is 1. The Kier molecular flexibility index (Phi) is 3.30.